The zero-order valence-corrected chi connectivity index (χ0v) is 24.7. The van der Waals surface area contributed by atoms with Crippen LogP contribution in [0.3, 0.4) is 0 Å². The molecule has 1 saturated carbocycles. The molecule has 7 nitrogen and oxygen atoms in total. The van der Waals surface area contributed by atoms with Crippen LogP contribution in [0.15, 0.2) is 48.7 Å². The van der Waals surface area contributed by atoms with E-state index in [4.69, 9.17) is 0 Å². The fourth-order valence-electron chi connectivity index (χ4n) is 6.34. The van der Waals surface area contributed by atoms with Crippen LogP contribution in [0.2, 0.25) is 0 Å². The number of amides is 2. The number of aromatic nitrogens is 1. The maximum Gasteiger partial charge on any atom is 0.416 e. The number of para-hydroxylation sites is 1. The Morgan fingerprint density at radius 3 is 2.18 bits per heavy atom. The Balaban J connectivity index is 1.26. The van der Waals surface area contributed by atoms with Gasteiger partial charge in [-0.25, -0.2) is 0 Å². The van der Waals surface area contributed by atoms with Crippen LogP contribution >= 0.6 is 0 Å². The van der Waals surface area contributed by atoms with E-state index in [9.17, 15) is 35.9 Å². The van der Waals surface area contributed by atoms with Crippen LogP contribution in [0.25, 0.3) is 10.9 Å². The van der Waals surface area contributed by atoms with E-state index < -0.39 is 42.0 Å². The number of carbonyl (C=O) groups excluding carboxylic acids is 2. The van der Waals surface area contributed by atoms with Gasteiger partial charge in [0, 0.05) is 62.3 Å². The molecule has 0 bridgehead atoms. The van der Waals surface area contributed by atoms with Crippen LogP contribution in [0.1, 0.15) is 54.4 Å². The molecule has 2 heterocycles. The molecule has 1 unspecified atom stereocenters. The molecule has 0 spiro atoms. The summed E-state index contributed by atoms with van der Waals surface area (Å²) >= 11 is 0. The Bertz CT molecular complexity index is 1440. The summed E-state index contributed by atoms with van der Waals surface area (Å²) in [6, 6.07) is 8.04. The lowest BCUT2D eigenvalue weighted by atomic mass is 9.94. The van der Waals surface area contributed by atoms with E-state index in [-0.39, 0.29) is 30.5 Å². The highest BCUT2D eigenvalue weighted by Gasteiger charge is 2.37. The first kappa shape index (κ1) is 32.8. The van der Waals surface area contributed by atoms with E-state index >= 15 is 0 Å². The van der Waals surface area contributed by atoms with Crippen LogP contribution in [0.5, 0.6) is 0 Å². The van der Waals surface area contributed by atoms with Gasteiger partial charge in [-0.15, -0.1) is 0 Å². The molecule has 1 atom stereocenters. The quantitative estimate of drug-likeness (QED) is 0.271. The standard InChI is InChI=1S/C32H37F6N5O2/c33-31(34,35)23-14-21(15-24(17-23)32(36,37)38)18-40-30(45)28(16-22-19-39-27-9-5-4-8-26(22)27)41-29(44)20-42-10-12-43(13-11-42)25-6-2-1-3-7-25/h4-5,8-9,14-15,17,19,25,28,39H,1-3,6-7,10-13,16,18,20H2,(H,40,45)(H,41,44). The molecule has 2 amide bonds. The van der Waals surface area contributed by atoms with Crippen molar-refractivity contribution >= 4 is 22.7 Å². The van der Waals surface area contributed by atoms with Crippen molar-refractivity contribution in [1.82, 2.24) is 25.4 Å². The normalized spacial score (nSPS) is 18.2. The Morgan fingerprint density at radius 1 is 0.889 bits per heavy atom. The zero-order valence-electron chi connectivity index (χ0n) is 24.7. The lowest BCUT2D eigenvalue weighted by molar-refractivity contribution is -0.143. The molecule has 3 aromatic rings. The van der Waals surface area contributed by atoms with Crippen molar-refractivity contribution in [3.8, 4) is 0 Å². The Hall–Kier alpha value is -3.58. The number of hydrogen-bond donors (Lipinski definition) is 3. The lowest BCUT2D eigenvalue weighted by Crippen LogP contribution is -2.54. The fourth-order valence-corrected chi connectivity index (χ4v) is 6.34. The van der Waals surface area contributed by atoms with Gasteiger partial charge in [-0.05, 0) is 48.2 Å². The summed E-state index contributed by atoms with van der Waals surface area (Å²) in [5.41, 5.74) is -1.75. The first-order chi connectivity index (χ1) is 21.4. The van der Waals surface area contributed by atoms with Crippen LogP contribution in [0, 0.1) is 0 Å². The SMILES string of the molecule is O=C(CN1CCN(C2CCCCC2)CC1)NC(Cc1c[nH]c2ccccc12)C(=O)NCc1cc(C(F)(F)F)cc(C(F)(F)F)c1. The smallest absolute Gasteiger partial charge is 0.361 e. The van der Waals surface area contributed by atoms with Crippen molar-refractivity contribution in [2.24, 2.45) is 0 Å². The van der Waals surface area contributed by atoms with Gasteiger partial charge in [-0.1, -0.05) is 37.5 Å². The molecule has 1 aromatic heterocycles. The highest BCUT2D eigenvalue weighted by Crippen LogP contribution is 2.36. The van der Waals surface area contributed by atoms with Crippen molar-refractivity contribution in [3.63, 3.8) is 0 Å². The first-order valence-corrected chi connectivity index (χ1v) is 15.2. The van der Waals surface area contributed by atoms with Gasteiger partial charge in [-0.2, -0.15) is 26.3 Å². The molecule has 244 valence electrons. The van der Waals surface area contributed by atoms with Gasteiger partial charge in [0.15, 0.2) is 0 Å². The molecule has 2 fully saturated rings. The van der Waals surface area contributed by atoms with Gasteiger partial charge < -0.3 is 15.6 Å². The van der Waals surface area contributed by atoms with Gasteiger partial charge in [0.1, 0.15) is 6.04 Å². The summed E-state index contributed by atoms with van der Waals surface area (Å²) in [6.07, 6.45) is -2.08. The first-order valence-electron chi connectivity index (χ1n) is 15.2. The van der Waals surface area contributed by atoms with Crippen molar-refractivity contribution in [3.05, 3.63) is 70.9 Å². The number of rotatable bonds is 9. The van der Waals surface area contributed by atoms with Crippen molar-refractivity contribution in [2.75, 3.05) is 32.7 Å². The van der Waals surface area contributed by atoms with Gasteiger partial charge in [-0.3, -0.25) is 19.4 Å². The van der Waals surface area contributed by atoms with Crippen molar-refractivity contribution in [1.29, 1.82) is 0 Å². The molecule has 5 rings (SSSR count). The molecular formula is C32H37F6N5O2. The number of aromatic amines is 1. The molecule has 1 saturated heterocycles. The predicted molar refractivity (Wildman–Crippen MR) is 157 cm³/mol. The van der Waals surface area contributed by atoms with E-state index in [1.165, 1.54) is 32.1 Å². The number of piperazine rings is 1. The highest BCUT2D eigenvalue weighted by molar-refractivity contribution is 5.90. The van der Waals surface area contributed by atoms with E-state index in [1.54, 1.807) is 6.20 Å². The molecular weight excluding hydrogens is 600 g/mol. The summed E-state index contributed by atoms with van der Waals surface area (Å²) in [5, 5.41) is 6.05. The Kier molecular flexibility index (Phi) is 10.1. The third-order valence-corrected chi connectivity index (χ3v) is 8.73. The minimum absolute atomic E-state index is 0.0420. The van der Waals surface area contributed by atoms with Crippen LogP contribution in [0.4, 0.5) is 26.3 Å². The van der Waals surface area contributed by atoms with Crippen LogP contribution < -0.4 is 10.6 Å². The monoisotopic (exact) mass is 637 g/mol. The van der Waals surface area contributed by atoms with Crippen molar-refractivity contribution in [2.45, 2.75) is 69.5 Å². The maximum absolute atomic E-state index is 13.4. The second-order valence-electron chi connectivity index (χ2n) is 11.9. The highest BCUT2D eigenvalue weighted by atomic mass is 19.4. The number of benzene rings is 2. The second-order valence-corrected chi connectivity index (χ2v) is 11.9. The molecule has 13 heteroatoms. The number of nitrogens with zero attached hydrogens (tertiary/aromatic N) is 2. The summed E-state index contributed by atoms with van der Waals surface area (Å²) in [4.78, 5) is 34.2. The molecule has 1 aliphatic carbocycles. The lowest BCUT2D eigenvalue weighted by Gasteiger charge is -2.40. The van der Waals surface area contributed by atoms with E-state index in [0.29, 0.717) is 31.3 Å². The van der Waals surface area contributed by atoms with Crippen LogP contribution in [-0.2, 0) is 34.9 Å². The number of alkyl halides is 6. The fraction of sp³-hybridized carbons (Fsp3) is 0.500. The van der Waals surface area contributed by atoms with Gasteiger partial charge in [0.2, 0.25) is 11.8 Å². The van der Waals surface area contributed by atoms with Crippen LogP contribution in [-0.4, -0.2) is 71.4 Å². The van der Waals surface area contributed by atoms with Gasteiger partial charge in [0.25, 0.3) is 0 Å². The number of H-pyrrole nitrogens is 1. The number of hydrogen-bond acceptors (Lipinski definition) is 4. The maximum atomic E-state index is 13.4. The summed E-state index contributed by atoms with van der Waals surface area (Å²) in [7, 11) is 0. The molecule has 45 heavy (non-hydrogen) atoms. The molecule has 2 aromatic carbocycles. The van der Waals surface area contributed by atoms with E-state index in [0.717, 1.165) is 29.6 Å². The van der Waals surface area contributed by atoms with Gasteiger partial charge >= 0.3 is 12.4 Å². The summed E-state index contributed by atoms with van der Waals surface area (Å²) in [5.74, 6) is -1.11. The molecule has 0 radical (unpaired) electrons. The number of halogens is 6. The second kappa shape index (κ2) is 13.8. The Morgan fingerprint density at radius 2 is 1.53 bits per heavy atom. The number of nitrogens with one attached hydrogen (secondary N) is 3. The molecule has 2 aliphatic rings. The predicted octanol–water partition coefficient (Wildman–Crippen LogP) is 5.50. The Labute approximate surface area is 257 Å². The number of fused-ring (bicyclic) bond motifs is 1. The van der Waals surface area contributed by atoms with Gasteiger partial charge in [0.05, 0.1) is 17.7 Å². The zero-order chi connectivity index (χ0) is 32.2. The van der Waals surface area contributed by atoms with Crippen molar-refractivity contribution < 1.29 is 35.9 Å². The molecule has 3 N–H and O–H groups in total. The largest absolute Gasteiger partial charge is 0.416 e. The summed E-state index contributed by atoms with van der Waals surface area (Å²) in [6.45, 7) is 2.61. The third kappa shape index (κ3) is 8.57. The average molecular weight is 638 g/mol. The minimum atomic E-state index is -5.01. The topological polar surface area (TPSA) is 80.5 Å². The summed E-state index contributed by atoms with van der Waals surface area (Å²) < 4.78 is 80.1. The average Bonchev–Trinajstić information content (AvgIpc) is 3.42. The number of carbonyl (C=O) groups is 2. The third-order valence-electron chi connectivity index (χ3n) is 8.73. The van der Waals surface area contributed by atoms with E-state index in [2.05, 4.69) is 20.5 Å². The van der Waals surface area contributed by atoms with E-state index in [1.807, 2.05) is 29.2 Å². The molecule has 1 aliphatic heterocycles. The minimum Gasteiger partial charge on any atom is -0.361 e.